The summed E-state index contributed by atoms with van der Waals surface area (Å²) in [6.07, 6.45) is 2.11. The van der Waals surface area contributed by atoms with E-state index in [4.69, 9.17) is 27.9 Å². The topological polar surface area (TPSA) is 66.9 Å². The van der Waals surface area contributed by atoms with Crippen LogP contribution >= 0.6 is 34.5 Å². The number of aryl methyl sites for hydroxylation is 1. The van der Waals surface area contributed by atoms with E-state index < -0.39 is 16.1 Å². The molecule has 1 fully saturated rings. The fourth-order valence-corrected chi connectivity index (χ4v) is 7.84. The summed E-state index contributed by atoms with van der Waals surface area (Å²) in [5.41, 5.74) is 2.75. The van der Waals surface area contributed by atoms with E-state index in [1.54, 1.807) is 52.6 Å². The van der Waals surface area contributed by atoms with Crippen LogP contribution in [0.25, 0.3) is 0 Å². The van der Waals surface area contributed by atoms with Crippen LogP contribution in [-0.2, 0) is 26.0 Å². The predicted octanol–water partition coefficient (Wildman–Crippen LogP) is 5.71. The second kappa shape index (κ2) is 11.0. The quantitative estimate of drug-likeness (QED) is 0.360. The Morgan fingerprint density at radius 2 is 1.92 bits per heavy atom. The number of hydrogen-bond acceptors (Lipinski definition) is 5. The third-order valence-electron chi connectivity index (χ3n) is 6.94. The minimum atomic E-state index is -3.92. The smallest absolute Gasteiger partial charge is 0.243 e. The van der Waals surface area contributed by atoms with Crippen molar-refractivity contribution in [2.45, 2.75) is 43.2 Å². The summed E-state index contributed by atoms with van der Waals surface area (Å²) in [5.74, 6) is -0.276. The molecule has 0 radical (unpaired) electrons. The number of rotatable bonds is 7. The average molecular weight is 580 g/mol. The molecule has 6 nitrogen and oxygen atoms in total. The number of sulfonamides is 1. The molecule has 5 rings (SSSR count). The maximum Gasteiger partial charge on any atom is 0.243 e. The SMILES string of the molecule is Cc1ccc(S(=O)(=O)N(CC(=O)N2CCc3sccc3C2c2ccc(Cl)cc2Cl)CC2CCCO2)cc1. The zero-order valence-corrected chi connectivity index (χ0v) is 23.5. The summed E-state index contributed by atoms with van der Waals surface area (Å²) < 4.78 is 34.5. The molecular weight excluding hydrogens is 551 g/mol. The Balaban J connectivity index is 1.48. The van der Waals surface area contributed by atoms with Gasteiger partial charge in [0.15, 0.2) is 0 Å². The number of ether oxygens (including phenoxy) is 1. The molecule has 10 heteroatoms. The van der Waals surface area contributed by atoms with Gasteiger partial charge in [0.25, 0.3) is 0 Å². The van der Waals surface area contributed by atoms with Crippen LogP contribution in [0.3, 0.4) is 0 Å². The standard InChI is InChI=1S/C27H28Cl2N2O4S2/c1-18-4-7-21(8-5-18)37(33,34)30(16-20-3-2-13-35-20)17-26(32)31-12-10-25-23(11-14-36-25)27(31)22-9-6-19(28)15-24(22)29/h4-9,11,14-15,20,27H,2-3,10,12-13,16-17H2,1H3. The fraction of sp³-hybridized carbons (Fsp3) is 0.370. The molecule has 0 aliphatic carbocycles. The van der Waals surface area contributed by atoms with Crippen molar-refractivity contribution < 1.29 is 17.9 Å². The molecule has 0 spiro atoms. The van der Waals surface area contributed by atoms with E-state index in [0.717, 1.165) is 29.5 Å². The lowest BCUT2D eigenvalue weighted by Crippen LogP contribution is -2.48. The first-order valence-electron chi connectivity index (χ1n) is 12.2. The summed E-state index contributed by atoms with van der Waals surface area (Å²) in [6, 6.07) is 13.6. The van der Waals surface area contributed by atoms with Crippen molar-refractivity contribution in [1.29, 1.82) is 0 Å². The average Bonchev–Trinajstić information content (AvgIpc) is 3.55. The van der Waals surface area contributed by atoms with Gasteiger partial charge >= 0.3 is 0 Å². The second-order valence-corrected chi connectivity index (χ2v) is 13.2. The van der Waals surface area contributed by atoms with E-state index in [9.17, 15) is 13.2 Å². The molecule has 1 saturated heterocycles. The zero-order valence-electron chi connectivity index (χ0n) is 20.4. The molecule has 2 unspecified atom stereocenters. The minimum Gasteiger partial charge on any atom is -0.377 e. The first kappa shape index (κ1) is 26.7. The number of nitrogens with zero attached hydrogens (tertiary/aromatic N) is 2. The fourth-order valence-electron chi connectivity index (χ4n) is 5.01. The van der Waals surface area contributed by atoms with E-state index in [2.05, 4.69) is 0 Å². The molecule has 2 aromatic carbocycles. The van der Waals surface area contributed by atoms with Gasteiger partial charge in [0.2, 0.25) is 15.9 Å². The third kappa shape index (κ3) is 5.60. The van der Waals surface area contributed by atoms with E-state index in [1.807, 2.05) is 24.4 Å². The van der Waals surface area contributed by atoms with Crippen LogP contribution in [0.4, 0.5) is 0 Å². The van der Waals surface area contributed by atoms with Gasteiger partial charge in [-0.05, 0) is 73.0 Å². The lowest BCUT2D eigenvalue weighted by Gasteiger charge is -2.38. The first-order valence-corrected chi connectivity index (χ1v) is 15.3. The molecule has 3 aromatic rings. The highest BCUT2D eigenvalue weighted by Crippen LogP contribution is 2.41. The maximum atomic E-state index is 13.9. The van der Waals surface area contributed by atoms with Gasteiger partial charge in [-0.1, -0.05) is 47.0 Å². The Morgan fingerprint density at radius 1 is 1.14 bits per heavy atom. The van der Waals surface area contributed by atoms with Gasteiger partial charge in [-0.3, -0.25) is 4.79 Å². The van der Waals surface area contributed by atoms with Gasteiger partial charge in [-0.25, -0.2) is 8.42 Å². The third-order valence-corrected chi connectivity index (χ3v) is 10.3. The van der Waals surface area contributed by atoms with Crippen LogP contribution in [0, 0.1) is 6.92 Å². The van der Waals surface area contributed by atoms with Gasteiger partial charge in [-0.2, -0.15) is 4.31 Å². The Kier molecular flexibility index (Phi) is 7.96. The van der Waals surface area contributed by atoms with Gasteiger partial charge < -0.3 is 9.64 Å². The highest BCUT2D eigenvalue weighted by molar-refractivity contribution is 7.89. The molecule has 37 heavy (non-hydrogen) atoms. The number of carbonyl (C=O) groups excluding carboxylic acids is 1. The first-order chi connectivity index (χ1) is 17.7. The van der Waals surface area contributed by atoms with Gasteiger partial charge in [0.05, 0.1) is 23.6 Å². The minimum absolute atomic E-state index is 0.131. The lowest BCUT2D eigenvalue weighted by molar-refractivity contribution is -0.133. The van der Waals surface area contributed by atoms with Crippen LogP contribution in [-0.4, -0.2) is 55.9 Å². The predicted molar refractivity (Wildman–Crippen MR) is 147 cm³/mol. The van der Waals surface area contributed by atoms with Crippen LogP contribution in [0.15, 0.2) is 58.8 Å². The van der Waals surface area contributed by atoms with Gasteiger partial charge in [0, 0.05) is 34.6 Å². The number of halogens is 2. The molecule has 0 saturated carbocycles. The molecule has 0 bridgehead atoms. The molecular formula is C27H28Cl2N2O4S2. The van der Waals surface area contributed by atoms with Crippen LogP contribution in [0.5, 0.6) is 0 Å². The van der Waals surface area contributed by atoms with Crippen molar-refractivity contribution in [2.24, 2.45) is 0 Å². The van der Waals surface area contributed by atoms with E-state index in [0.29, 0.717) is 29.6 Å². The summed E-state index contributed by atoms with van der Waals surface area (Å²) >= 11 is 14.4. The second-order valence-electron chi connectivity index (χ2n) is 9.45. The summed E-state index contributed by atoms with van der Waals surface area (Å²) in [7, 11) is -3.92. The maximum absolute atomic E-state index is 13.9. The lowest BCUT2D eigenvalue weighted by atomic mass is 9.93. The number of thiophene rings is 1. The number of hydrogen-bond donors (Lipinski definition) is 0. The number of carbonyl (C=O) groups is 1. The van der Waals surface area contributed by atoms with E-state index in [1.165, 1.54) is 9.18 Å². The van der Waals surface area contributed by atoms with Crippen molar-refractivity contribution in [2.75, 3.05) is 26.2 Å². The van der Waals surface area contributed by atoms with E-state index >= 15 is 0 Å². The number of benzene rings is 2. The Hall–Kier alpha value is -1.94. The van der Waals surface area contributed by atoms with Gasteiger partial charge in [-0.15, -0.1) is 11.3 Å². The van der Waals surface area contributed by atoms with Crippen molar-refractivity contribution in [1.82, 2.24) is 9.21 Å². The number of amides is 1. The summed E-state index contributed by atoms with van der Waals surface area (Å²) in [6.45, 7) is 2.82. The molecule has 1 aromatic heterocycles. The highest BCUT2D eigenvalue weighted by atomic mass is 35.5. The Morgan fingerprint density at radius 3 is 2.62 bits per heavy atom. The monoisotopic (exact) mass is 578 g/mol. The Labute approximate surface area is 231 Å². The Bertz CT molecular complexity index is 1390. The summed E-state index contributed by atoms with van der Waals surface area (Å²) in [4.78, 5) is 17.0. The van der Waals surface area contributed by atoms with Crippen molar-refractivity contribution in [3.63, 3.8) is 0 Å². The number of fused-ring (bicyclic) bond motifs is 1. The summed E-state index contributed by atoms with van der Waals surface area (Å²) in [5, 5.41) is 3.00. The van der Waals surface area contributed by atoms with Crippen molar-refractivity contribution in [3.05, 3.63) is 85.5 Å². The largest absolute Gasteiger partial charge is 0.377 e. The molecule has 2 aliphatic rings. The zero-order chi connectivity index (χ0) is 26.2. The molecule has 2 aliphatic heterocycles. The highest BCUT2D eigenvalue weighted by Gasteiger charge is 2.37. The van der Waals surface area contributed by atoms with Crippen LogP contribution in [0.2, 0.25) is 10.0 Å². The molecule has 196 valence electrons. The molecule has 1 amide bonds. The van der Waals surface area contributed by atoms with Gasteiger partial charge in [0.1, 0.15) is 0 Å². The van der Waals surface area contributed by atoms with Crippen molar-refractivity contribution >= 4 is 50.5 Å². The van der Waals surface area contributed by atoms with Crippen molar-refractivity contribution in [3.8, 4) is 0 Å². The van der Waals surface area contributed by atoms with E-state index in [-0.39, 0.29) is 30.0 Å². The molecule has 0 N–H and O–H groups in total. The molecule has 2 atom stereocenters. The normalized spacial score (nSPS) is 19.8. The van der Waals surface area contributed by atoms with Crippen LogP contribution in [0.1, 0.15) is 40.5 Å². The van der Waals surface area contributed by atoms with Crippen LogP contribution < -0.4 is 0 Å². The molecule has 3 heterocycles.